The van der Waals surface area contributed by atoms with Gasteiger partial charge in [0.25, 0.3) is 0 Å². The molecule has 0 aliphatic heterocycles. The van der Waals surface area contributed by atoms with E-state index >= 15 is 0 Å². The Labute approximate surface area is 183 Å². The van der Waals surface area contributed by atoms with Gasteiger partial charge in [-0.15, -0.1) is 0 Å². The van der Waals surface area contributed by atoms with Crippen LogP contribution in [-0.4, -0.2) is 30.6 Å². The van der Waals surface area contributed by atoms with Gasteiger partial charge < -0.3 is 9.84 Å². The molecule has 0 amide bonds. The number of aliphatic hydroxyl groups is 1. The summed E-state index contributed by atoms with van der Waals surface area (Å²) < 4.78 is 5.86. The van der Waals surface area contributed by atoms with Crippen LogP contribution in [0.1, 0.15) is 137 Å². The highest BCUT2D eigenvalue weighted by molar-refractivity contribution is 4.63. The number of nitrogens with one attached hydrogen (secondary N) is 1. The lowest BCUT2D eigenvalue weighted by Gasteiger charge is -2.22. The second-order valence-corrected chi connectivity index (χ2v) is 9.24. The van der Waals surface area contributed by atoms with Gasteiger partial charge in [0.2, 0.25) is 0 Å². The van der Waals surface area contributed by atoms with Crippen molar-refractivity contribution in [2.75, 3.05) is 13.2 Å². The monoisotopic (exact) mass is 413 g/mol. The summed E-state index contributed by atoms with van der Waals surface area (Å²) in [4.78, 5) is 0. The third kappa shape index (κ3) is 20.9. The van der Waals surface area contributed by atoms with Crippen molar-refractivity contribution in [3.05, 3.63) is 0 Å². The first-order valence-electron chi connectivity index (χ1n) is 13.1. The summed E-state index contributed by atoms with van der Waals surface area (Å²) in [5.41, 5.74) is 0. The fraction of sp³-hybridized carbons (Fsp3) is 1.00. The Hall–Kier alpha value is -0.120. The van der Waals surface area contributed by atoms with Crippen LogP contribution in [0, 0.1) is 5.92 Å². The highest BCUT2D eigenvalue weighted by Gasteiger charge is 2.14. The number of hydrogen-bond acceptors (Lipinski definition) is 3. The van der Waals surface area contributed by atoms with E-state index in [1.807, 2.05) is 6.92 Å². The van der Waals surface area contributed by atoms with Gasteiger partial charge in [0.1, 0.15) is 6.23 Å². The number of unbranched alkanes of at least 4 members (excludes halogenated alkanes) is 13. The first kappa shape index (κ1) is 28.9. The zero-order valence-corrected chi connectivity index (χ0v) is 20.5. The molecule has 0 rings (SSSR count). The van der Waals surface area contributed by atoms with Crippen molar-refractivity contribution in [2.24, 2.45) is 5.92 Å². The van der Waals surface area contributed by atoms with Gasteiger partial charge in [-0.2, -0.15) is 0 Å². The largest absolute Gasteiger partial charge is 0.389 e. The van der Waals surface area contributed by atoms with Crippen LogP contribution in [0.3, 0.4) is 0 Å². The Morgan fingerprint density at radius 1 is 0.690 bits per heavy atom. The summed E-state index contributed by atoms with van der Waals surface area (Å²) in [6.07, 6.45) is 22.3. The normalized spacial score (nSPS) is 14.8. The van der Waals surface area contributed by atoms with Gasteiger partial charge in [-0.05, 0) is 38.6 Å². The van der Waals surface area contributed by atoms with E-state index in [1.165, 1.54) is 103 Å². The number of hydrogen-bond donors (Lipinski definition) is 2. The smallest absolute Gasteiger partial charge is 0.134 e. The summed E-state index contributed by atoms with van der Waals surface area (Å²) in [5, 5.41) is 13.3. The van der Waals surface area contributed by atoms with Crippen LogP contribution in [-0.2, 0) is 4.74 Å². The van der Waals surface area contributed by atoms with Crippen molar-refractivity contribution in [1.29, 1.82) is 0 Å². The zero-order valence-electron chi connectivity index (χ0n) is 20.5. The van der Waals surface area contributed by atoms with E-state index in [-0.39, 0.29) is 6.23 Å². The lowest BCUT2D eigenvalue weighted by Crippen LogP contribution is -2.41. The van der Waals surface area contributed by atoms with Gasteiger partial charge in [0.05, 0.1) is 6.10 Å². The van der Waals surface area contributed by atoms with E-state index in [1.54, 1.807) is 0 Å². The molecule has 3 nitrogen and oxygen atoms in total. The summed E-state index contributed by atoms with van der Waals surface area (Å²) in [6.45, 7) is 10.3. The molecule has 2 N–H and O–H groups in total. The minimum atomic E-state index is -0.453. The fourth-order valence-corrected chi connectivity index (χ4v) is 3.78. The summed E-state index contributed by atoms with van der Waals surface area (Å²) in [6, 6.07) is 0. The van der Waals surface area contributed by atoms with Gasteiger partial charge in [-0.25, -0.2) is 0 Å². The van der Waals surface area contributed by atoms with Crippen LogP contribution in [0.4, 0.5) is 0 Å². The van der Waals surface area contributed by atoms with Crippen molar-refractivity contribution in [3.63, 3.8) is 0 Å². The molecule has 3 heteroatoms. The molecule has 0 fully saturated rings. The highest BCUT2D eigenvalue weighted by atomic mass is 16.5. The van der Waals surface area contributed by atoms with Crippen LogP contribution >= 0.6 is 0 Å². The first-order chi connectivity index (χ1) is 14.1. The van der Waals surface area contributed by atoms with E-state index in [2.05, 4.69) is 26.1 Å². The highest BCUT2D eigenvalue weighted by Crippen LogP contribution is 2.13. The van der Waals surface area contributed by atoms with E-state index in [0.717, 1.165) is 25.5 Å². The summed E-state index contributed by atoms with van der Waals surface area (Å²) >= 11 is 0. The van der Waals surface area contributed by atoms with Crippen molar-refractivity contribution in [1.82, 2.24) is 5.32 Å². The van der Waals surface area contributed by atoms with E-state index in [9.17, 15) is 5.11 Å². The maximum absolute atomic E-state index is 9.89. The molecule has 0 heterocycles. The predicted octanol–water partition coefficient (Wildman–Crippen LogP) is 7.61. The van der Waals surface area contributed by atoms with Gasteiger partial charge in [0, 0.05) is 6.61 Å². The van der Waals surface area contributed by atoms with Crippen molar-refractivity contribution < 1.29 is 9.84 Å². The number of aliphatic hydroxyl groups excluding tert-OH is 1. The second-order valence-electron chi connectivity index (χ2n) is 9.24. The van der Waals surface area contributed by atoms with Gasteiger partial charge in [-0.3, -0.25) is 5.32 Å². The van der Waals surface area contributed by atoms with Crippen LogP contribution < -0.4 is 5.32 Å². The van der Waals surface area contributed by atoms with Gasteiger partial charge in [0.15, 0.2) is 0 Å². The molecule has 3 unspecified atom stereocenters. The third-order valence-corrected chi connectivity index (χ3v) is 6.15. The Bertz CT molecular complexity index is 309. The molecule has 0 aliphatic carbocycles. The Morgan fingerprint density at radius 2 is 1.17 bits per heavy atom. The molecule has 176 valence electrons. The summed E-state index contributed by atoms with van der Waals surface area (Å²) in [7, 11) is 0. The average molecular weight is 414 g/mol. The van der Waals surface area contributed by atoms with Gasteiger partial charge in [-0.1, -0.05) is 111 Å². The maximum Gasteiger partial charge on any atom is 0.134 e. The average Bonchev–Trinajstić information content (AvgIpc) is 2.71. The molecule has 0 radical (unpaired) electrons. The molecule has 0 bridgehead atoms. The van der Waals surface area contributed by atoms with Crippen molar-refractivity contribution >= 4 is 0 Å². The van der Waals surface area contributed by atoms with E-state index < -0.39 is 6.10 Å². The second kappa shape index (κ2) is 22.6. The molecule has 0 aromatic carbocycles. The zero-order chi connectivity index (χ0) is 21.6. The molecule has 0 aliphatic rings. The summed E-state index contributed by atoms with van der Waals surface area (Å²) in [5.74, 6) is 0.770. The molecule has 0 saturated carbocycles. The quantitative estimate of drug-likeness (QED) is 0.134. The van der Waals surface area contributed by atoms with E-state index in [4.69, 9.17) is 4.74 Å². The predicted molar refractivity (Wildman–Crippen MR) is 128 cm³/mol. The maximum atomic E-state index is 9.89. The number of rotatable bonds is 23. The lowest BCUT2D eigenvalue weighted by atomic mass is 10.0. The topological polar surface area (TPSA) is 41.5 Å². The molecule has 3 atom stereocenters. The van der Waals surface area contributed by atoms with Crippen LogP contribution in [0.2, 0.25) is 0 Å². The molecule has 0 aromatic heterocycles. The van der Waals surface area contributed by atoms with E-state index in [0.29, 0.717) is 0 Å². The minimum Gasteiger partial charge on any atom is -0.389 e. The standard InChI is InChI=1S/C26H55NO2/c1-5-7-8-9-10-11-12-13-14-15-16-17-18-19-22-27-26(25(4)28)29-23-20-21-24(3)6-2/h24-28H,5-23H2,1-4H3. The van der Waals surface area contributed by atoms with Crippen molar-refractivity contribution in [3.8, 4) is 0 Å². The molecule has 0 aromatic rings. The van der Waals surface area contributed by atoms with Gasteiger partial charge >= 0.3 is 0 Å². The van der Waals surface area contributed by atoms with Crippen LogP contribution in [0.5, 0.6) is 0 Å². The van der Waals surface area contributed by atoms with Crippen LogP contribution in [0.25, 0.3) is 0 Å². The molecule has 0 spiro atoms. The third-order valence-electron chi connectivity index (χ3n) is 6.15. The SMILES string of the molecule is CCCCCCCCCCCCCCCCNC(OCCCC(C)CC)C(C)O. The molecule has 29 heavy (non-hydrogen) atoms. The Morgan fingerprint density at radius 3 is 1.62 bits per heavy atom. The Kier molecular flexibility index (Phi) is 22.5. The number of ether oxygens (including phenoxy) is 1. The Balaban J connectivity index is 3.39. The minimum absolute atomic E-state index is 0.214. The molecular formula is C26H55NO2. The van der Waals surface area contributed by atoms with Crippen molar-refractivity contribution in [2.45, 2.75) is 149 Å². The lowest BCUT2D eigenvalue weighted by molar-refractivity contribution is -0.0499. The van der Waals surface area contributed by atoms with Crippen LogP contribution in [0.15, 0.2) is 0 Å². The molecule has 0 saturated heterocycles. The molecular weight excluding hydrogens is 358 g/mol. The first-order valence-corrected chi connectivity index (χ1v) is 13.1. The fourth-order valence-electron chi connectivity index (χ4n) is 3.78.